The predicted molar refractivity (Wildman–Crippen MR) is 89.4 cm³/mol. The fourth-order valence-electron chi connectivity index (χ4n) is 2.70. The van der Waals surface area contributed by atoms with Gasteiger partial charge in [-0.3, -0.25) is 0 Å². The van der Waals surface area contributed by atoms with Crippen LogP contribution >= 0.6 is 0 Å². The monoisotopic (exact) mass is 305 g/mol. The lowest BCUT2D eigenvalue weighted by molar-refractivity contribution is 0.108. The van der Waals surface area contributed by atoms with Crippen molar-refractivity contribution in [2.24, 2.45) is 4.99 Å². The molecular weight excluding hydrogens is 278 g/mol. The van der Waals surface area contributed by atoms with Crippen molar-refractivity contribution in [3.05, 3.63) is 29.3 Å². The Morgan fingerprint density at radius 3 is 2.73 bits per heavy atom. The van der Waals surface area contributed by atoms with Crippen LogP contribution in [0.1, 0.15) is 30.9 Å². The van der Waals surface area contributed by atoms with Crippen LogP contribution in [0.25, 0.3) is 0 Å². The van der Waals surface area contributed by atoms with E-state index in [4.69, 9.17) is 9.73 Å². The van der Waals surface area contributed by atoms with E-state index in [0.717, 1.165) is 49.7 Å². The smallest absolute Gasteiger partial charge is 0.194 e. The highest BCUT2D eigenvalue weighted by Gasteiger charge is 2.19. The topological polar surface area (TPSA) is 57.1 Å². The Morgan fingerprint density at radius 1 is 1.36 bits per heavy atom. The number of hydrogen-bond donors (Lipinski definition) is 2. The van der Waals surface area contributed by atoms with Crippen molar-refractivity contribution < 1.29 is 9.84 Å². The number of nitrogens with one attached hydrogen (secondary N) is 1. The van der Waals surface area contributed by atoms with Crippen LogP contribution in [0, 0.1) is 6.92 Å². The molecule has 1 heterocycles. The summed E-state index contributed by atoms with van der Waals surface area (Å²) in [6.07, 6.45) is 1.45. The molecule has 0 aromatic heterocycles. The zero-order valence-corrected chi connectivity index (χ0v) is 13.8. The highest BCUT2D eigenvalue weighted by molar-refractivity contribution is 5.80. The first kappa shape index (κ1) is 16.6. The number of methoxy groups -OCH3 is 1. The molecule has 22 heavy (non-hydrogen) atoms. The van der Waals surface area contributed by atoms with Crippen molar-refractivity contribution >= 4 is 5.96 Å². The van der Waals surface area contributed by atoms with Gasteiger partial charge in [-0.2, -0.15) is 0 Å². The fourth-order valence-corrected chi connectivity index (χ4v) is 2.70. The molecule has 0 spiro atoms. The van der Waals surface area contributed by atoms with E-state index >= 15 is 0 Å². The second-order valence-electron chi connectivity index (χ2n) is 5.75. The average Bonchev–Trinajstić information content (AvgIpc) is 2.52. The maximum atomic E-state index is 9.63. The summed E-state index contributed by atoms with van der Waals surface area (Å²) < 4.78 is 5.32. The number of piperidine rings is 1. The molecule has 1 aromatic rings. The number of likely N-dealkylation sites (tertiary alicyclic amines) is 1. The van der Waals surface area contributed by atoms with Gasteiger partial charge < -0.3 is 20.1 Å². The van der Waals surface area contributed by atoms with E-state index in [1.54, 1.807) is 7.11 Å². The summed E-state index contributed by atoms with van der Waals surface area (Å²) in [6, 6.07) is 6.18. The van der Waals surface area contributed by atoms with E-state index in [1.807, 2.05) is 12.1 Å². The van der Waals surface area contributed by atoms with Crippen molar-refractivity contribution in [1.82, 2.24) is 10.2 Å². The minimum Gasteiger partial charge on any atom is -0.497 e. The van der Waals surface area contributed by atoms with Crippen molar-refractivity contribution in [1.29, 1.82) is 0 Å². The maximum Gasteiger partial charge on any atom is 0.194 e. The number of aliphatic hydroxyl groups is 1. The summed E-state index contributed by atoms with van der Waals surface area (Å²) in [5.74, 6) is 1.80. The summed E-state index contributed by atoms with van der Waals surface area (Å²) in [4.78, 5) is 6.97. The molecule has 0 bridgehead atoms. The van der Waals surface area contributed by atoms with E-state index < -0.39 is 0 Å². The van der Waals surface area contributed by atoms with E-state index in [9.17, 15) is 5.11 Å². The Hall–Kier alpha value is -1.75. The van der Waals surface area contributed by atoms with Gasteiger partial charge in [0.25, 0.3) is 0 Å². The van der Waals surface area contributed by atoms with E-state index in [-0.39, 0.29) is 6.10 Å². The molecule has 5 nitrogen and oxygen atoms in total. The van der Waals surface area contributed by atoms with Gasteiger partial charge in [0.05, 0.1) is 19.8 Å². The Balaban J connectivity index is 2.08. The molecular formula is C17H27N3O2. The molecule has 0 aliphatic carbocycles. The molecule has 1 aromatic carbocycles. The first-order valence-corrected chi connectivity index (χ1v) is 7.98. The van der Waals surface area contributed by atoms with E-state index in [1.165, 1.54) is 5.56 Å². The van der Waals surface area contributed by atoms with Gasteiger partial charge in [-0.1, -0.05) is 6.07 Å². The van der Waals surface area contributed by atoms with Crippen LogP contribution in [0.2, 0.25) is 0 Å². The van der Waals surface area contributed by atoms with E-state index in [2.05, 4.69) is 30.1 Å². The molecule has 0 saturated carbocycles. The summed E-state index contributed by atoms with van der Waals surface area (Å²) in [5.41, 5.74) is 2.32. The molecule has 0 atom stereocenters. The first-order chi connectivity index (χ1) is 10.6. The quantitative estimate of drug-likeness (QED) is 0.659. The Bertz CT molecular complexity index is 509. The van der Waals surface area contributed by atoms with Gasteiger partial charge in [0.2, 0.25) is 0 Å². The van der Waals surface area contributed by atoms with E-state index in [0.29, 0.717) is 6.54 Å². The summed E-state index contributed by atoms with van der Waals surface area (Å²) >= 11 is 0. The molecule has 0 radical (unpaired) electrons. The van der Waals surface area contributed by atoms with Gasteiger partial charge in [0.1, 0.15) is 5.75 Å². The van der Waals surface area contributed by atoms with Crippen LogP contribution in [-0.4, -0.2) is 48.8 Å². The Morgan fingerprint density at radius 2 is 2.09 bits per heavy atom. The number of rotatable bonds is 4. The van der Waals surface area contributed by atoms with Crippen LogP contribution in [0.3, 0.4) is 0 Å². The lowest BCUT2D eigenvalue weighted by Gasteiger charge is -2.32. The second kappa shape index (κ2) is 8.03. The number of aliphatic imine (C=N–C) groups is 1. The minimum absolute atomic E-state index is 0.167. The van der Waals surface area contributed by atoms with Crippen LogP contribution in [0.4, 0.5) is 0 Å². The van der Waals surface area contributed by atoms with Crippen molar-refractivity contribution in [2.45, 2.75) is 39.3 Å². The van der Waals surface area contributed by atoms with Gasteiger partial charge in [-0.05, 0) is 49.9 Å². The normalized spacial score (nSPS) is 16.7. The van der Waals surface area contributed by atoms with Gasteiger partial charge >= 0.3 is 0 Å². The maximum absolute atomic E-state index is 9.63. The second-order valence-corrected chi connectivity index (χ2v) is 5.75. The largest absolute Gasteiger partial charge is 0.497 e. The molecule has 2 rings (SSSR count). The molecule has 1 aliphatic heterocycles. The van der Waals surface area contributed by atoms with Crippen LogP contribution < -0.4 is 10.1 Å². The van der Waals surface area contributed by atoms with Gasteiger partial charge in [-0.15, -0.1) is 0 Å². The molecule has 1 fully saturated rings. The number of aryl methyl sites for hydroxylation is 1. The fraction of sp³-hybridized carbons (Fsp3) is 0.588. The number of guanidine groups is 1. The standard InChI is InChI=1S/C17H27N3O2/c1-4-18-17(20-7-5-15(21)6-8-20)19-12-14-9-13(2)10-16(11-14)22-3/h9-11,15,21H,4-8,12H2,1-3H3,(H,18,19). The van der Waals surface area contributed by atoms with Crippen molar-refractivity contribution in [3.8, 4) is 5.75 Å². The summed E-state index contributed by atoms with van der Waals surface area (Å²) in [7, 11) is 1.69. The Labute approximate surface area is 133 Å². The third-order valence-corrected chi connectivity index (χ3v) is 3.86. The third-order valence-electron chi connectivity index (χ3n) is 3.86. The zero-order chi connectivity index (χ0) is 15.9. The van der Waals surface area contributed by atoms with Crippen LogP contribution in [-0.2, 0) is 6.54 Å². The van der Waals surface area contributed by atoms with Gasteiger partial charge in [0, 0.05) is 19.6 Å². The first-order valence-electron chi connectivity index (χ1n) is 7.98. The lowest BCUT2D eigenvalue weighted by Crippen LogP contribution is -2.46. The van der Waals surface area contributed by atoms with Crippen LogP contribution in [0.5, 0.6) is 5.75 Å². The molecule has 1 aliphatic rings. The highest BCUT2D eigenvalue weighted by Crippen LogP contribution is 2.17. The number of nitrogens with zero attached hydrogens (tertiary/aromatic N) is 2. The molecule has 0 amide bonds. The van der Waals surface area contributed by atoms with Crippen molar-refractivity contribution in [2.75, 3.05) is 26.7 Å². The number of hydrogen-bond acceptors (Lipinski definition) is 3. The third kappa shape index (κ3) is 4.63. The molecule has 0 unspecified atom stereocenters. The van der Waals surface area contributed by atoms with Crippen molar-refractivity contribution in [3.63, 3.8) is 0 Å². The molecule has 1 saturated heterocycles. The van der Waals surface area contributed by atoms with Gasteiger partial charge in [-0.25, -0.2) is 4.99 Å². The Kier molecular flexibility index (Phi) is 6.07. The molecule has 122 valence electrons. The molecule has 2 N–H and O–H groups in total. The SMILES string of the molecule is CCNC(=NCc1cc(C)cc(OC)c1)N1CCC(O)CC1. The predicted octanol–water partition coefficient (Wildman–Crippen LogP) is 1.93. The number of aliphatic hydroxyl groups excluding tert-OH is 1. The zero-order valence-electron chi connectivity index (χ0n) is 13.8. The summed E-state index contributed by atoms with van der Waals surface area (Å²) in [5, 5.41) is 13.0. The molecule has 5 heteroatoms. The summed E-state index contributed by atoms with van der Waals surface area (Å²) in [6.45, 7) is 7.31. The van der Waals surface area contributed by atoms with Crippen LogP contribution in [0.15, 0.2) is 23.2 Å². The van der Waals surface area contributed by atoms with Gasteiger partial charge in [0.15, 0.2) is 5.96 Å². The minimum atomic E-state index is -0.167. The average molecular weight is 305 g/mol. The number of ether oxygens (including phenoxy) is 1. The lowest BCUT2D eigenvalue weighted by atomic mass is 10.1. The number of benzene rings is 1. The highest BCUT2D eigenvalue weighted by atomic mass is 16.5.